The van der Waals surface area contributed by atoms with E-state index in [0.29, 0.717) is 29.5 Å². The van der Waals surface area contributed by atoms with E-state index in [0.717, 1.165) is 22.0 Å². The van der Waals surface area contributed by atoms with E-state index in [1.165, 1.54) is 6.92 Å². The number of nitrogens with one attached hydrogen (secondary N) is 3. The van der Waals surface area contributed by atoms with Gasteiger partial charge in [-0.3, -0.25) is 9.59 Å². The first-order valence-electron chi connectivity index (χ1n) is 9.22. The van der Waals surface area contributed by atoms with Gasteiger partial charge in [-0.05, 0) is 60.7 Å². The molecule has 1 atom stereocenters. The Hall–Kier alpha value is -3.09. The van der Waals surface area contributed by atoms with Gasteiger partial charge >= 0.3 is 0 Å². The predicted octanol–water partition coefficient (Wildman–Crippen LogP) is 3.21. The minimum atomic E-state index is -0.135. The molecule has 3 rings (SSSR count). The van der Waals surface area contributed by atoms with Gasteiger partial charge in [-0.1, -0.05) is 11.6 Å². The van der Waals surface area contributed by atoms with Crippen LogP contribution in [0.15, 0.2) is 65.1 Å². The standard InChI is InChI=1S/C22H22ClN3O3/c1-15(27)24-18-7-9-19(10-8-18)25-22(28)14-26(2)13-20-11-12-21(29-20)16-3-5-17(23)6-4-16/h3-12H,13-14H2,1-2H3,(H,24,27)(H,25,28)/p+1. The number of amides is 2. The summed E-state index contributed by atoms with van der Waals surface area (Å²) >= 11 is 5.92. The molecule has 1 aromatic heterocycles. The van der Waals surface area contributed by atoms with Crippen molar-refractivity contribution in [3.05, 3.63) is 71.4 Å². The average molecular weight is 413 g/mol. The first-order chi connectivity index (χ1) is 13.9. The van der Waals surface area contributed by atoms with Crippen molar-refractivity contribution in [3.8, 4) is 11.3 Å². The number of quaternary nitrogens is 1. The molecular formula is C22H23ClN3O3+. The van der Waals surface area contributed by atoms with Crippen LogP contribution in [0, 0.1) is 0 Å². The van der Waals surface area contributed by atoms with Gasteiger partial charge in [-0.15, -0.1) is 0 Å². The molecule has 0 aliphatic heterocycles. The Balaban J connectivity index is 1.51. The number of hydrogen-bond acceptors (Lipinski definition) is 3. The number of anilines is 2. The molecule has 150 valence electrons. The van der Waals surface area contributed by atoms with Gasteiger partial charge in [-0.25, -0.2) is 0 Å². The lowest BCUT2D eigenvalue weighted by Gasteiger charge is -2.13. The van der Waals surface area contributed by atoms with Crippen LogP contribution in [0.2, 0.25) is 5.02 Å². The summed E-state index contributed by atoms with van der Waals surface area (Å²) in [6.07, 6.45) is 0. The molecule has 3 N–H and O–H groups in total. The van der Waals surface area contributed by atoms with Gasteiger partial charge in [0, 0.05) is 28.9 Å². The summed E-state index contributed by atoms with van der Waals surface area (Å²) in [5.41, 5.74) is 2.33. The van der Waals surface area contributed by atoms with Crippen LogP contribution in [-0.2, 0) is 16.1 Å². The molecule has 0 saturated heterocycles. The molecule has 1 heterocycles. The monoisotopic (exact) mass is 412 g/mol. The van der Waals surface area contributed by atoms with Gasteiger partial charge in [0.05, 0.1) is 7.05 Å². The van der Waals surface area contributed by atoms with Crippen molar-refractivity contribution >= 4 is 34.8 Å². The SMILES string of the molecule is CC(=O)Nc1ccc(NC(=O)C[NH+](C)Cc2ccc(-c3ccc(Cl)cc3)o2)cc1. The second kappa shape index (κ2) is 9.41. The Bertz CT molecular complexity index is 981. The molecule has 0 radical (unpaired) electrons. The van der Waals surface area contributed by atoms with Gasteiger partial charge in [0.2, 0.25) is 5.91 Å². The Labute approximate surface area is 174 Å². The summed E-state index contributed by atoms with van der Waals surface area (Å²) in [4.78, 5) is 24.3. The third-order valence-electron chi connectivity index (χ3n) is 4.22. The molecule has 2 aromatic carbocycles. The molecule has 0 aliphatic rings. The molecule has 0 bridgehead atoms. The first kappa shape index (κ1) is 20.6. The van der Waals surface area contributed by atoms with Gasteiger partial charge in [-0.2, -0.15) is 0 Å². The van der Waals surface area contributed by atoms with Crippen LogP contribution in [0.3, 0.4) is 0 Å². The molecule has 7 heteroatoms. The Morgan fingerprint density at radius 2 is 1.55 bits per heavy atom. The number of halogens is 1. The molecule has 0 fully saturated rings. The number of furan rings is 1. The van der Waals surface area contributed by atoms with Crippen LogP contribution in [0.1, 0.15) is 12.7 Å². The van der Waals surface area contributed by atoms with E-state index in [1.807, 2.05) is 43.4 Å². The van der Waals surface area contributed by atoms with Gasteiger partial charge < -0.3 is 20.0 Å². The van der Waals surface area contributed by atoms with Crippen LogP contribution in [0.4, 0.5) is 11.4 Å². The molecule has 29 heavy (non-hydrogen) atoms. The fourth-order valence-corrected chi connectivity index (χ4v) is 3.05. The van der Waals surface area contributed by atoms with Crippen molar-refractivity contribution in [1.82, 2.24) is 0 Å². The van der Waals surface area contributed by atoms with Crippen molar-refractivity contribution in [2.45, 2.75) is 13.5 Å². The zero-order chi connectivity index (χ0) is 20.8. The van der Waals surface area contributed by atoms with Crippen LogP contribution in [0.5, 0.6) is 0 Å². The quantitative estimate of drug-likeness (QED) is 0.557. The molecule has 0 saturated carbocycles. The summed E-state index contributed by atoms with van der Waals surface area (Å²) in [6.45, 7) is 2.33. The van der Waals surface area contributed by atoms with Crippen molar-refractivity contribution in [2.24, 2.45) is 0 Å². The molecular weight excluding hydrogens is 390 g/mol. The maximum atomic E-state index is 12.3. The topological polar surface area (TPSA) is 75.8 Å². The molecule has 1 unspecified atom stereocenters. The number of carbonyl (C=O) groups excluding carboxylic acids is 2. The lowest BCUT2D eigenvalue weighted by Crippen LogP contribution is -3.08. The fourth-order valence-electron chi connectivity index (χ4n) is 2.92. The van der Waals surface area contributed by atoms with E-state index in [9.17, 15) is 9.59 Å². The summed E-state index contributed by atoms with van der Waals surface area (Å²) in [7, 11) is 1.93. The maximum absolute atomic E-state index is 12.3. The number of hydrogen-bond donors (Lipinski definition) is 3. The summed E-state index contributed by atoms with van der Waals surface area (Å²) in [5, 5.41) is 6.23. The lowest BCUT2D eigenvalue weighted by molar-refractivity contribution is -0.886. The highest BCUT2D eigenvalue weighted by Gasteiger charge is 2.14. The maximum Gasteiger partial charge on any atom is 0.279 e. The summed E-state index contributed by atoms with van der Waals surface area (Å²) in [5.74, 6) is 1.34. The second-order valence-corrected chi connectivity index (χ2v) is 7.33. The van der Waals surface area contributed by atoms with Crippen molar-refractivity contribution in [1.29, 1.82) is 0 Å². The van der Waals surface area contributed by atoms with Crippen molar-refractivity contribution in [3.63, 3.8) is 0 Å². The third-order valence-corrected chi connectivity index (χ3v) is 4.47. The smallest absolute Gasteiger partial charge is 0.279 e. The van der Waals surface area contributed by atoms with Crippen LogP contribution >= 0.6 is 11.6 Å². The predicted molar refractivity (Wildman–Crippen MR) is 114 cm³/mol. The number of benzene rings is 2. The molecule has 0 spiro atoms. The molecule has 3 aromatic rings. The zero-order valence-corrected chi connectivity index (χ0v) is 17.0. The first-order valence-corrected chi connectivity index (χ1v) is 9.60. The Morgan fingerprint density at radius 3 is 2.17 bits per heavy atom. The minimum absolute atomic E-state index is 0.0979. The lowest BCUT2D eigenvalue weighted by atomic mass is 10.2. The van der Waals surface area contributed by atoms with Crippen molar-refractivity contribution in [2.75, 3.05) is 24.2 Å². The van der Waals surface area contributed by atoms with Crippen LogP contribution < -0.4 is 15.5 Å². The summed E-state index contributed by atoms with van der Waals surface area (Å²) in [6, 6.07) is 18.3. The molecule has 0 aliphatic carbocycles. The normalized spacial score (nSPS) is 11.7. The Kier molecular flexibility index (Phi) is 6.69. The van der Waals surface area contributed by atoms with E-state index < -0.39 is 0 Å². The highest BCUT2D eigenvalue weighted by atomic mass is 35.5. The fraction of sp³-hybridized carbons (Fsp3) is 0.182. The molecule has 6 nitrogen and oxygen atoms in total. The molecule has 2 amide bonds. The Morgan fingerprint density at radius 1 is 0.931 bits per heavy atom. The number of likely N-dealkylation sites (N-methyl/N-ethyl adjacent to an activating group) is 1. The van der Waals surface area contributed by atoms with E-state index >= 15 is 0 Å². The third kappa shape index (κ3) is 6.20. The zero-order valence-electron chi connectivity index (χ0n) is 16.3. The van der Waals surface area contributed by atoms with Crippen LogP contribution in [0.25, 0.3) is 11.3 Å². The second-order valence-electron chi connectivity index (χ2n) is 6.89. The minimum Gasteiger partial charge on any atom is -0.455 e. The van der Waals surface area contributed by atoms with E-state index in [1.54, 1.807) is 24.3 Å². The van der Waals surface area contributed by atoms with Gasteiger partial charge in [0.1, 0.15) is 12.3 Å². The largest absolute Gasteiger partial charge is 0.455 e. The van der Waals surface area contributed by atoms with Crippen molar-refractivity contribution < 1.29 is 18.9 Å². The highest BCUT2D eigenvalue weighted by Crippen LogP contribution is 2.23. The van der Waals surface area contributed by atoms with Gasteiger partial charge in [0.15, 0.2) is 12.3 Å². The number of carbonyl (C=O) groups is 2. The van der Waals surface area contributed by atoms with E-state index in [-0.39, 0.29) is 11.8 Å². The average Bonchev–Trinajstić information content (AvgIpc) is 3.11. The van der Waals surface area contributed by atoms with Crippen LogP contribution in [-0.4, -0.2) is 25.4 Å². The summed E-state index contributed by atoms with van der Waals surface area (Å²) < 4.78 is 5.89. The van der Waals surface area contributed by atoms with E-state index in [4.69, 9.17) is 16.0 Å². The van der Waals surface area contributed by atoms with E-state index in [2.05, 4.69) is 10.6 Å². The number of rotatable bonds is 7. The van der Waals surface area contributed by atoms with Gasteiger partial charge in [0.25, 0.3) is 5.91 Å². The highest BCUT2D eigenvalue weighted by molar-refractivity contribution is 6.30.